The molecule has 10 heteroatoms. The second kappa shape index (κ2) is 7.54. The lowest BCUT2D eigenvalue weighted by Crippen LogP contribution is -2.27. The lowest BCUT2D eigenvalue weighted by atomic mass is 10.1. The van der Waals surface area contributed by atoms with Crippen molar-refractivity contribution in [2.45, 2.75) is 35.2 Å². The third kappa shape index (κ3) is 5.28. The van der Waals surface area contributed by atoms with E-state index in [1.165, 1.54) is 23.9 Å². The van der Waals surface area contributed by atoms with Gasteiger partial charge in [0, 0.05) is 12.5 Å². The number of carbonyl (C=O) groups is 1. The zero-order valence-corrected chi connectivity index (χ0v) is 15.1. The molecular weight excluding hydrogens is 362 g/mol. The summed E-state index contributed by atoms with van der Waals surface area (Å²) < 4.78 is 22.4. The van der Waals surface area contributed by atoms with Crippen molar-refractivity contribution in [3.63, 3.8) is 0 Å². The van der Waals surface area contributed by atoms with Crippen LogP contribution in [0.2, 0.25) is 0 Å². The number of H-pyrrole nitrogens is 1. The maximum Gasteiger partial charge on any atom is 0.238 e. The minimum Gasteiger partial charge on any atom is -0.355 e. The summed E-state index contributed by atoms with van der Waals surface area (Å²) in [5.74, 6) is 1.58. The Bertz CT molecular complexity index is 844. The average Bonchev–Trinajstić information content (AvgIpc) is 3.31. The normalized spacial score (nSPS) is 14.4. The molecule has 0 saturated heterocycles. The predicted molar refractivity (Wildman–Crippen MR) is 93.6 cm³/mol. The topological polar surface area (TPSA) is 131 Å². The number of thioether (sulfide) groups is 1. The van der Waals surface area contributed by atoms with Gasteiger partial charge in [-0.05, 0) is 37.0 Å². The van der Waals surface area contributed by atoms with Crippen LogP contribution in [0.15, 0.2) is 34.3 Å². The van der Waals surface area contributed by atoms with Gasteiger partial charge in [-0.2, -0.15) is 0 Å². The molecule has 1 aliphatic carbocycles. The van der Waals surface area contributed by atoms with Gasteiger partial charge in [0.2, 0.25) is 21.1 Å². The largest absolute Gasteiger partial charge is 0.355 e. The number of benzene rings is 1. The van der Waals surface area contributed by atoms with E-state index in [9.17, 15) is 13.2 Å². The number of aromatic amines is 1. The van der Waals surface area contributed by atoms with Gasteiger partial charge in [-0.3, -0.25) is 9.89 Å². The number of nitrogens with one attached hydrogen (secondary N) is 2. The number of hydrogen-bond acceptors (Lipinski definition) is 6. The Balaban J connectivity index is 1.38. The van der Waals surface area contributed by atoms with Crippen LogP contribution < -0.4 is 10.5 Å². The van der Waals surface area contributed by atoms with E-state index in [1.54, 1.807) is 12.1 Å². The third-order valence-corrected chi connectivity index (χ3v) is 5.54. The quantitative estimate of drug-likeness (QED) is 0.579. The fourth-order valence-corrected chi connectivity index (χ4v) is 3.39. The fourth-order valence-electron chi connectivity index (χ4n) is 2.24. The Morgan fingerprint density at radius 2 is 2.04 bits per heavy atom. The third-order valence-electron chi connectivity index (χ3n) is 3.77. The number of carbonyl (C=O) groups excluding carboxylic acids is 1. The second-order valence-corrected chi connectivity index (χ2v) is 8.36. The van der Waals surface area contributed by atoms with Crippen LogP contribution in [0.25, 0.3) is 0 Å². The Hall–Kier alpha value is -1.91. The first-order valence-corrected chi connectivity index (χ1v) is 10.4. The number of nitrogens with two attached hydrogens (primary N) is 1. The molecule has 0 radical (unpaired) electrons. The first kappa shape index (κ1) is 17.9. The van der Waals surface area contributed by atoms with E-state index in [0.29, 0.717) is 24.0 Å². The van der Waals surface area contributed by atoms with Gasteiger partial charge in [0.05, 0.1) is 10.6 Å². The van der Waals surface area contributed by atoms with Crippen LogP contribution in [-0.4, -0.2) is 41.8 Å². The summed E-state index contributed by atoms with van der Waals surface area (Å²) >= 11 is 1.30. The Labute approximate surface area is 150 Å². The van der Waals surface area contributed by atoms with Crippen molar-refractivity contribution in [1.82, 2.24) is 20.5 Å². The van der Waals surface area contributed by atoms with Crippen molar-refractivity contribution in [3.8, 4) is 0 Å². The highest BCUT2D eigenvalue weighted by atomic mass is 32.2. The smallest absolute Gasteiger partial charge is 0.238 e. The zero-order chi connectivity index (χ0) is 17.9. The van der Waals surface area contributed by atoms with Gasteiger partial charge in [0.25, 0.3) is 0 Å². The standard InChI is InChI=1S/C15H19N5O3S2/c16-25(22,23)12-5-1-10(2-6-12)7-8-17-13(21)9-24-15-18-14(19-20-15)11-3-4-11/h1-2,5-6,11H,3-4,7-9H2,(H,17,21)(H2,16,22,23)(H,18,19,20). The van der Waals surface area contributed by atoms with Crippen molar-refractivity contribution < 1.29 is 13.2 Å². The van der Waals surface area contributed by atoms with Crippen molar-refractivity contribution in [2.24, 2.45) is 5.14 Å². The van der Waals surface area contributed by atoms with Crippen LogP contribution in [0, 0.1) is 0 Å². The molecular formula is C15H19N5O3S2. The Kier molecular flexibility index (Phi) is 5.40. The molecule has 0 spiro atoms. The Morgan fingerprint density at radius 1 is 1.32 bits per heavy atom. The first-order valence-electron chi connectivity index (χ1n) is 7.85. The number of amides is 1. The van der Waals surface area contributed by atoms with Crippen LogP contribution in [-0.2, 0) is 21.2 Å². The van der Waals surface area contributed by atoms with Crippen LogP contribution in [0.1, 0.15) is 30.1 Å². The molecule has 25 heavy (non-hydrogen) atoms. The lowest BCUT2D eigenvalue weighted by Gasteiger charge is -2.05. The molecule has 0 aliphatic heterocycles. The lowest BCUT2D eigenvalue weighted by molar-refractivity contribution is -0.118. The molecule has 1 heterocycles. The molecule has 0 unspecified atom stereocenters. The van der Waals surface area contributed by atoms with Crippen LogP contribution >= 0.6 is 11.8 Å². The predicted octanol–water partition coefficient (Wildman–Crippen LogP) is 0.780. The molecule has 4 N–H and O–H groups in total. The fraction of sp³-hybridized carbons (Fsp3) is 0.400. The van der Waals surface area contributed by atoms with Gasteiger partial charge in [-0.1, -0.05) is 23.9 Å². The summed E-state index contributed by atoms with van der Waals surface area (Å²) in [6.07, 6.45) is 2.91. The van der Waals surface area contributed by atoms with Crippen molar-refractivity contribution >= 4 is 27.7 Å². The summed E-state index contributed by atoms with van der Waals surface area (Å²) in [5.41, 5.74) is 0.920. The zero-order valence-electron chi connectivity index (χ0n) is 13.4. The molecule has 0 bridgehead atoms. The molecule has 134 valence electrons. The maximum absolute atomic E-state index is 11.9. The molecule has 1 amide bonds. The van der Waals surface area contributed by atoms with Gasteiger partial charge in [0.1, 0.15) is 5.82 Å². The first-order chi connectivity index (χ1) is 11.9. The van der Waals surface area contributed by atoms with Gasteiger partial charge in [0.15, 0.2) is 0 Å². The highest BCUT2D eigenvalue weighted by Crippen LogP contribution is 2.38. The summed E-state index contributed by atoms with van der Waals surface area (Å²) in [6, 6.07) is 6.30. The van der Waals surface area contributed by atoms with Crippen molar-refractivity contribution in [1.29, 1.82) is 0 Å². The number of nitrogens with zero attached hydrogens (tertiary/aromatic N) is 2. The van der Waals surface area contributed by atoms with Crippen LogP contribution in [0.4, 0.5) is 0 Å². The van der Waals surface area contributed by atoms with Crippen LogP contribution in [0.5, 0.6) is 0 Å². The van der Waals surface area contributed by atoms with Gasteiger partial charge < -0.3 is 5.32 Å². The SMILES string of the molecule is NS(=O)(=O)c1ccc(CCNC(=O)CSc2n[nH]c(C3CC3)n2)cc1. The van der Waals surface area contributed by atoms with Gasteiger partial charge >= 0.3 is 0 Å². The average molecular weight is 381 g/mol. The van der Waals surface area contributed by atoms with E-state index in [4.69, 9.17) is 5.14 Å². The summed E-state index contributed by atoms with van der Waals surface area (Å²) in [6.45, 7) is 0.468. The summed E-state index contributed by atoms with van der Waals surface area (Å²) in [5, 5.41) is 15.5. The molecule has 2 aromatic rings. The summed E-state index contributed by atoms with van der Waals surface area (Å²) in [4.78, 5) is 16.3. The van der Waals surface area contributed by atoms with E-state index in [0.717, 1.165) is 24.2 Å². The highest BCUT2D eigenvalue weighted by Gasteiger charge is 2.27. The van der Waals surface area contributed by atoms with Crippen molar-refractivity contribution in [2.75, 3.05) is 12.3 Å². The Morgan fingerprint density at radius 3 is 2.68 bits per heavy atom. The number of primary sulfonamides is 1. The number of rotatable bonds is 8. The number of hydrogen-bond donors (Lipinski definition) is 3. The molecule has 3 rings (SSSR count). The van der Waals surface area contributed by atoms with Crippen LogP contribution in [0.3, 0.4) is 0 Å². The van der Waals surface area contributed by atoms with E-state index in [2.05, 4.69) is 20.5 Å². The molecule has 0 atom stereocenters. The van der Waals surface area contributed by atoms with E-state index in [1.807, 2.05) is 0 Å². The van der Waals surface area contributed by atoms with Gasteiger partial charge in [-0.25, -0.2) is 18.5 Å². The minimum absolute atomic E-state index is 0.0776. The molecule has 8 nitrogen and oxygen atoms in total. The monoisotopic (exact) mass is 381 g/mol. The highest BCUT2D eigenvalue weighted by molar-refractivity contribution is 7.99. The number of sulfonamides is 1. The number of aromatic nitrogens is 3. The van der Waals surface area contributed by atoms with E-state index < -0.39 is 10.0 Å². The molecule has 1 aromatic heterocycles. The molecule has 1 aliphatic rings. The molecule has 1 fully saturated rings. The van der Waals surface area contributed by atoms with E-state index in [-0.39, 0.29) is 16.6 Å². The molecule has 1 saturated carbocycles. The molecule has 1 aromatic carbocycles. The second-order valence-electron chi connectivity index (χ2n) is 5.86. The van der Waals surface area contributed by atoms with E-state index >= 15 is 0 Å². The maximum atomic E-state index is 11.9. The van der Waals surface area contributed by atoms with Crippen molar-refractivity contribution in [3.05, 3.63) is 35.7 Å². The summed E-state index contributed by atoms with van der Waals surface area (Å²) in [7, 11) is -3.67. The van der Waals surface area contributed by atoms with Gasteiger partial charge in [-0.15, -0.1) is 5.10 Å². The minimum atomic E-state index is -3.67.